The normalized spacial score (nSPS) is 14.7. The minimum Gasteiger partial charge on any atom is -0.508 e. The highest BCUT2D eigenvalue weighted by molar-refractivity contribution is 5.90. The molecule has 6 nitrogen and oxygen atoms in total. The fourth-order valence-corrected chi connectivity index (χ4v) is 3.42. The van der Waals surface area contributed by atoms with Gasteiger partial charge in [0.1, 0.15) is 11.4 Å². The number of hydrogen-bond acceptors (Lipinski definition) is 4. The standard InChI is InChI=1S/C20H25N3O3/c1-26-19-17(11-7-13-21-19)22-20(25)23(16-9-3-2-4-10-16)14-15-8-5-6-12-18(15)24/h5-8,11-13,16,24H,2-4,9-10,14H2,1H3,(H,22,25). The number of carbonyl (C=O) groups is 1. The molecular weight excluding hydrogens is 330 g/mol. The van der Waals surface area contributed by atoms with Gasteiger partial charge in [0.25, 0.3) is 0 Å². The molecule has 0 unspecified atom stereocenters. The van der Waals surface area contributed by atoms with Gasteiger partial charge >= 0.3 is 6.03 Å². The maximum atomic E-state index is 13.0. The Balaban J connectivity index is 1.82. The van der Waals surface area contributed by atoms with E-state index in [9.17, 15) is 9.90 Å². The topological polar surface area (TPSA) is 74.7 Å². The highest BCUT2D eigenvalue weighted by Crippen LogP contribution is 2.28. The Labute approximate surface area is 153 Å². The molecule has 1 heterocycles. The summed E-state index contributed by atoms with van der Waals surface area (Å²) in [4.78, 5) is 19.0. The van der Waals surface area contributed by atoms with Gasteiger partial charge in [-0.1, -0.05) is 37.5 Å². The molecule has 26 heavy (non-hydrogen) atoms. The summed E-state index contributed by atoms with van der Waals surface area (Å²) < 4.78 is 5.22. The molecule has 0 radical (unpaired) electrons. The van der Waals surface area contributed by atoms with Crippen LogP contribution in [0.5, 0.6) is 11.6 Å². The Morgan fingerprint density at radius 1 is 1.23 bits per heavy atom. The van der Waals surface area contributed by atoms with Crippen LogP contribution >= 0.6 is 0 Å². The van der Waals surface area contributed by atoms with E-state index in [2.05, 4.69) is 10.3 Å². The molecular formula is C20H25N3O3. The van der Waals surface area contributed by atoms with E-state index in [-0.39, 0.29) is 17.8 Å². The lowest BCUT2D eigenvalue weighted by Crippen LogP contribution is -2.43. The SMILES string of the molecule is COc1ncccc1NC(=O)N(Cc1ccccc1O)C1CCCCC1. The van der Waals surface area contributed by atoms with E-state index in [4.69, 9.17) is 4.74 Å². The van der Waals surface area contributed by atoms with Gasteiger partial charge in [-0.15, -0.1) is 0 Å². The quantitative estimate of drug-likeness (QED) is 0.844. The van der Waals surface area contributed by atoms with E-state index in [1.807, 2.05) is 17.0 Å². The molecule has 6 heteroatoms. The number of rotatable bonds is 5. The third kappa shape index (κ3) is 4.25. The van der Waals surface area contributed by atoms with Gasteiger partial charge in [-0.3, -0.25) is 0 Å². The average molecular weight is 355 g/mol. The number of ether oxygens (including phenoxy) is 1. The maximum absolute atomic E-state index is 13.0. The fourth-order valence-electron chi connectivity index (χ4n) is 3.42. The van der Waals surface area contributed by atoms with Gasteiger partial charge in [0, 0.05) is 17.8 Å². The number of carbonyl (C=O) groups excluding carboxylic acids is 1. The van der Waals surface area contributed by atoms with Crippen molar-refractivity contribution in [2.45, 2.75) is 44.7 Å². The lowest BCUT2D eigenvalue weighted by atomic mass is 9.94. The Morgan fingerprint density at radius 3 is 2.73 bits per heavy atom. The number of hydrogen-bond donors (Lipinski definition) is 2. The van der Waals surface area contributed by atoms with Crippen molar-refractivity contribution in [2.24, 2.45) is 0 Å². The van der Waals surface area contributed by atoms with Gasteiger partial charge in [0.15, 0.2) is 0 Å². The monoisotopic (exact) mass is 355 g/mol. The number of benzene rings is 1. The number of urea groups is 1. The molecule has 1 aliphatic rings. The highest BCUT2D eigenvalue weighted by atomic mass is 16.5. The predicted octanol–water partition coefficient (Wildman–Crippen LogP) is 4.16. The van der Waals surface area contributed by atoms with Crippen molar-refractivity contribution < 1.29 is 14.6 Å². The second kappa shape index (κ2) is 8.56. The lowest BCUT2D eigenvalue weighted by molar-refractivity contribution is 0.162. The fraction of sp³-hybridized carbons (Fsp3) is 0.400. The average Bonchev–Trinajstić information content (AvgIpc) is 2.68. The van der Waals surface area contributed by atoms with E-state index < -0.39 is 0 Å². The van der Waals surface area contributed by atoms with Crippen LogP contribution in [0, 0.1) is 0 Å². The molecule has 1 saturated carbocycles. The van der Waals surface area contributed by atoms with E-state index in [0.717, 1.165) is 31.2 Å². The Kier molecular flexibility index (Phi) is 5.94. The van der Waals surface area contributed by atoms with Crippen molar-refractivity contribution >= 4 is 11.7 Å². The molecule has 1 aromatic carbocycles. The number of aromatic hydroxyl groups is 1. The summed E-state index contributed by atoms with van der Waals surface area (Å²) >= 11 is 0. The number of phenols is 1. The zero-order valence-electron chi connectivity index (χ0n) is 15.0. The van der Waals surface area contributed by atoms with Crippen LogP contribution in [-0.2, 0) is 6.54 Å². The zero-order valence-corrected chi connectivity index (χ0v) is 15.0. The summed E-state index contributed by atoms with van der Waals surface area (Å²) in [6.07, 6.45) is 7.02. The van der Waals surface area contributed by atoms with Crippen molar-refractivity contribution in [3.63, 3.8) is 0 Å². The van der Waals surface area contributed by atoms with E-state index >= 15 is 0 Å². The minimum atomic E-state index is -0.202. The molecule has 0 spiro atoms. The number of anilines is 1. The molecule has 0 aliphatic heterocycles. The Hall–Kier alpha value is -2.76. The number of phenolic OH excluding ortho intramolecular Hbond substituents is 1. The van der Waals surface area contributed by atoms with E-state index in [1.165, 1.54) is 13.5 Å². The zero-order chi connectivity index (χ0) is 18.4. The summed E-state index contributed by atoms with van der Waals surface area (Å²) in [5.74, 6) is 0.590. The van der Waals surface area contributed by atoms with Crippen LogP contribution in [0.2, 0.25) is 0 Å². The van der Waals surface area contributed by atoms with Crippen LogP contribution in [0.25, 0.3) is 0 Å². The first kappa shape index (κ1) is 18.0. The van der Waals surface area contributed by atoms with Gasteiger partial charge in [-0.05, 0) is 31.0 Å². The van der Waals surface area contributed by atoms with Crippen molar-refractivity contribution in [3.8, 4) is 11.6 Å². The van der Waals surface area contributed by atoms with Crippen LogP contribution in [-0.4, -0.2) is 34.2 Å². The van der Waals surface area contributed by atoms with Crippen molar-refractivity contribution in [2.75, 3.05) is 12.4 Å². The molecule has 2 amide bonds. The van der Waals surface area contributed by atoms with Crippen molar-refractivity contribution in [1.29, 1.82) is 0 Å². The molecule has 0 atom stereocenters. The summed E-state index contributed by atoms with van der Waals surface area (Å²) in [5.41, 5.74) is 1.28. The lowest BCUT2D eigenvalue weighted by Gasteiger charge is -2.34. The first-order chi connectivity index (χ1) is 12.7. The molecule has 1 aromatic heterocycles. The molecule has 138 valence electrons. The van der Waals surface area contributed by atoms with Gasteiger partial charge in [0.05, 0.1) is 13.7 Å². The minimum absolute atomic E-state index is 0.158. The number of methoxy groups -OCH3 is 1. The van der Waals surface area contributed by atoms with Gasteiger partial charge in [-0.2, -0.15) is 0 Å². The third-order valence-electron chi connectivity index (χ3n) is 4.81. The van der Waals surface area contributed by atoms with Gasteiger partial charge in [0.2, 0.25) is 5.88 Å². The number of nitrogens with zero attached hydrogens (tertiary/aromatic N) is 2. The number of nitrogens with one attached hydrogen (secondary N) is 1. The van der Waals surface area contributed by atoms with Gasteiger partial charge < -0.3 is 20.1 Å². The van der Waals surface area contributed by atoms with E-state index in [1.54, 1.807) is 30.5 Å². The molecule has 2 aromatic rings. The van der Waals surface area contributed by atoms with E-state index in [0.29, 0.717) is 18.1 Å². The van der Waals surface area contributed by atoms with Crippen LogP contribution in [0.3, 0.4) is 0 Å². The smallest absolute Gasteiger partial charge is 0.322 e. The Bertz CT molecular complexity index is 745. The van der Waals surface area contributed by atoms with Crippen LogP contribution in [0.1, 0.15) is 37.7 Å². The second-order valence-electron chi connectivity index (χ2n) is 6.54. The molecule has 0 bridgehead atoms. The summed E-state index contributed by atoms with van der Waals surface area (Å²) in [5, 5.41) is 13.0. The largest absolute Gasteiger partial charge is 0.508 e. The molecule has 0 saturated heterocycles. The number of amides is 2. The number of pyridine rings is 1. The van der Waals surface area contributed by atoms with Gasteiger partial charge in [-0.25, -0.2) is 9.78 Å². The third-order valence-corrected chi connectivity index (χ3v) is 4.81. The molecule has 2 N–H and O–H groups in total. The Morgan fingerprint density at radius 2 is 2.00 bits per heavy atom. The first-order valence-corrected chi connectivity index (χ1v) is 9.02. The first-order valence-electron chi connectivity index (χ1n) is 9.02. The van der Waals surface area contributed by atoms with Crippen molar-refractivity contribution in [1.82, 2.24) is 9.88 Å². The predicted molar refractivity (Wildman–Crippen MR) is 100 cm³/mol. The molecule has 1 aliphatic carbocycles. The number of para-hydroxylation sites is 1. The number of aromatic nitrogens is 1. The summed E-state index contributed by atoms with van der Waals surface area (Å²) in [7, 11) is 1.53. The summed E-state index contributed by atoms with van der Waals surface area (Å²) in [6, 6.07) is 10.6. The molecule has 1 fully saturated rings. The van der Waals surface area contributed by atoms with Crippen LogP contribution in [0.4, 0.5) is 10.5 Å². The van der Waals surface area contributed by atoms with Crippen LogP contribution in [0.15, 0.2) is 42.6 Å². The molecule has 3 rings (SSSR count). The van der Waals surface area contributed by atoms with Crippen molar-refractivity contribution in [3.05, 3.63) is 48.2 Å². The van der Waals surface area contributed by atoms with Crippen LogP contribution < -0.4 is 10.1 Å². The second-order valence-corrected chi connectivity index (χ2v) is 6.54. The summed E-state index contributed by atoms with van der Waals surface area (Å²) in [6.45, 7) is 0.367. The maximum Gasteiger partial charge on any atom is 0.322 e. The highest BCUT2D eigenvalue weighted by Gasteiger charge is 2.27.